The number of para-hydroxylation sites is 1. The second-order valence-corrected chi connectivity index (χ2v) is 6.69. The minimum atomic E-state index is -2.20. The highest BCUT2D eigenvalue weighted by Crippen LogP contribution is 2.30. The lowest BCUT2D eigenvalue weighted by Crippen LogP contribution is -2.48. The van der Waals surface area contributed by atoms with Crippen LogP contribution >= 0.6 is 0 Å². The Morgan fingerprint density at radius 1 is 1.07 bits per heavy atom. The number of anilines is 1. The summed E-state index contributed by atoms with van der Waals surface area (Å²) in [6.07, 6.45) is -3.16. The molecule has 1 aromatic carbocycles. The molecule has 0 fully saturated rings. The van der Waals surface area contributed by atoms with Crippen LogP contribution in [0.25, 0.3) is 10.9 Å². The number of carbonyl (C=O) groups is 1. The quantitative estimate of drug-likeness (QED) is 0.342. The van der Waals surface area contributed by atoms with Crippen molar-refractivity contribution in [2.24, 2.45) is 0 Å². The Bertz CT molecular complexity index is 814. The van der Waals surface area contributed by atoms with E-state index in [0.717, 1.165) is 29.4 Å². The van der Waals surface area contributed by atoms with Gasteiger partial charge in [-0.2, -0.15) is 0 Å². The van der Waals surface area contributed by atoms with Gasteiger partial charge in [-0.15, -0.1) is 0 Å². The largest absolute Gasteiger partial charge is 0.479 e. The standard InChI is InChI=1S/C13H14N2.C6H12O7/c14-13-9-5-1-3-7-11(9)15-12-8-4-2-6-10(12)13;7-1-2(8)3(9)4(10)5(11)6(12)13/h1,3,5,7H,2,4,6,8H2,(H2,14,15);2-5,7-11H,1H2,(H,12,13)/t;2-,3-,4+,5-/m.1/s1. The third kappa shape index (κ3) is 4.94. The van der Waals surface area contributed by atoms with Crippen molar-refractivity contribution >= 4 is 22.6 Å². The van der Waals surface area contributed by atoms with Crippen molar-refractivity contribution in [1.82, 2.24) is 4.98 Å². The molecule has 9 heteroatoms. The molecule has 28 heavy (non-hydrogen) atoms. The molecule has 1 heterocycles. The van der Waals surface area contributed by atoms with Gasteiger partial charge >= 0.3 is 5.97 Å². The van der Waals surface area contributed by atoms with Crippen LogP contribution < -0.4 is 5.73 Å². The maximum absolute atomic E-state index is 10.1. The Morgan fingerprint density at radius 2 is 1.71 bits per heavy atom. The lowest BCUT2D eigenvalue weighted by atomic mass is 9.93. The summed E-state index contributed by atoms with van der Waals surface area (Å²) in [6.45, 7) is -0.843. The molecule has 0 saturated carbocycles. The van der Waals surface area contributed by atoms with Gasteiger partial charge in [0.25, 0.3) is 0 Å². The molecular weight excluding hydrogens is 368 g/mol. The van der Waals surface area contributed by atoms with Crippen molar-refractivity contribution in [2.45, 2.75) is 50.1 Å². The second-order valence-electron chi connectivity index (χ2n) is 6.69. The minimum Gasteiger partial charge on any atom is -0.479 e. The number of fused-ring (bicyclic) bond motifs is 2. The van der Waals surface area contributed by atoms with E-state index in [-0.39, 0.29) is 0 Å². The number of carboxylic acid groups (broad SMARTS) is 1. The Balaban J connectivity index is 0.000000204. The highest BCUT2D eigenvalue weighted by atomic mass is 16.4. The lowest BCUT2D eigenvalue weighted by molar-refractivity contribution is -0.164. The molecule has 0 spiro atoms. The second kappa shape index (κ2) is 9.76. The van der Waals surface area contributed by atoms with E-state index in [9.17, 15) is 4.79 Å². The summed E-state index contributed by atoms with van der Waals surface area (Å²) >= 11 is 0. The van der Waals surface area contributed by atoms with Gasteiger partial charge in [0.05, 0.1) is 12.1 Å². The SMILES string of the molecule is Nc1c2c(nc3ccccc13)CCCC2.O=C(O)[C@H](O)[C@@H](O)[C@H](O)[C@H](O)CO. The number of aliphatic hydroxyl groups excluding tert-OH is 5. The summed E-state index contributed by atoms with van der Waals surface area (Å²) in [5.74, 6) is -1.73. The van der Waals surface area contributed by atoms with Crippen molar-refractivity contribution in [2.75, 3.05) is 12.3 Å². The molecule has 8 N–H and O–H groups in total. The first kappa shape index (κ1) is 22.0. The predicted octanol–water partition coefficient (Wildman–Crippen LogP) is -0.797. The van der Waals surface area contributed by atoms with Gasteiger partial charge in [0.1, 0.15) is 18.3 Å². The first-order valence-electron chi connectivity index (χ1n) is 8.99. The van der Waals surface area contributed by atoms with Crippen LogP contribution in [0.4, 0.5) is 5.69 Å². The third-order valence-electron chi connectivity index (χ3n) is 4.72. The summed E-state index contributed by atoms with van der Waals surface area (Å²) in [5.41, 5.74) is 10.7. The number of nitrogens with two attached hydrogens (primary N) is 1. The molecular formula is C19H26N2O7. The van der Waals surface area contributed by atoms with Crippen molar-refractivity contribution < 1.29 is 35.4 Å². The number of pyridine rings is 1. The van der Waals surface area contributed by atoms with E-state index in [2.05, 4.69) is 6.07 Å². The molecule has 3 rings (SSSR count). The third-order valence-corrected chi connectivity index (χ3v) is 4.72. The highest BCUT2D eigenvalue weighted by Gasteiger charge is 2.33. The first-order valence-corrected chi connectivity index (χ1v) is 8.99. The highest BCUT2D eigenvalue weighted by molar-refractivity contribution is 5.92. The van der Waals surface area contributed by atoms with Crippen molar-refractivity contribution in [1.29, 1.82) is 0 Å². The minimum absolute atomic E-state index is 0.843. The van der Waals surface area contributed by atoms with Crippen LogP contribution in [-0.4, -0.2) is 72.6 Å². The molecule has 1 aliphatic carbocycles. The van der Waals surface area contributed by atoms with Gasteiger partial charge in [-0.3, -0.25) is 4.98 Å². The number of nitrogen functional groups attached to an aromatic ring is 1. The summed E-state index contributed by atoms with van der Waals surface area (Å²) in [6, 6.07) is 8.15. The smallest absolute Gasteiger partial charge is 0.335 e. The fraction of sp³-hybridized carbons (Fsp3) is 0.474. The number of hydrogen-bond acceptors (Lipinski definition) is 8. The Hall–Kier alpha value is -2.30. The van der Waals surface area contributed by atoms with Gasteiger partial charge in [0, 0.05) is 16.8 Å². The van der Waals surface area contributed by atoms with Gasteiger partial charge in [-0.05, 0) is 37.3 Å². The normalized spacial score (nSPS) is 17.6. The van der Waals surface area contributed by atoms with Crippen LogP contribution in [0.1, 0.15) is 24.1 Å². The molecule has 0 unspecified atom stereocenters. The van der Waals surface area contributed by atoms with Gasteiger partial charge in [-0.1, -0.05) is 18.2 Å². The van der Waals surface area contributed by atoms with E-state index in [0.29, 0.717) is 0 Å². The van der Waals surface area contributed by atoms with Gasteiger partial charge in [0.15, 0.2) is 6.10 Å². The average Bonchev–Trinajstić information content (AvgIpc) is 2.72. The van der Waals surface area contributed by atoms with Crippen LogP contribution in [0.15, 0.2) is 24.3 Å². The van der Waals surface area contributed by atoms with Crippen LogP contribution in [0.3, 0.4) is 0 Å². The Labute approximate surface area is 161 Å². The van der Waals surface area contributed by atoms with Crippen molar-refractivity contribution in [3.8, 4) is 0 Å². The molecule has 4 atom stereocenters. The molecule has 2 aromatic rings. The summed E-state index contributed by atoms with van der Waals surface area (Å²) < 4.78 is 0. The summed E-state index contributed by atoms with van der Waals surface area (Å²) in [7, 11) is 0. The summed E-state index contributed by atoms with van der Waals surface area (Å²) in [4.78, 5) is 14.8. The molecule has 0 amide bonds. The molecule has 0 aliphatic heterocycles. The van der Waals surface area contributed by atoms with E-state index >= 15 is 0 Å². The zero-order valence-corrected chi connectivity index (χ0v) is 15.3. The molecule has 1 aliphatic rings. The molecule has 0 saturated heterocycles. The van der Waals surface area contributed by atoms with Gasteiger partial charge in [0.2, 0.25) is 0 Å². The fourth-order valence-corrected chi connectivity index (χ4v) is 3.08. The molecule has 9 nitrogen and oxygen atoms in total. The zero-order valence-electron chi connectivity index (χ0n) is 15.3. The molecule has 154 valence electrons. The molecule has 0 bridgehead atoms. The average molecular weight is 394 g/mol. The maximum Gasteiger partial charge on any atom is 0.335 e. The molecule has 0 radical (unpaired) electrons. The summed E-state index contributed by atoms with van der Waals surface area (Å²) in [5, 5.41) is 52.9. The van der Waals surface area contributed by atoms with Crippen molar-refractivity contribution in [3.63, 3.8) is 0 Å². The van der Waals surface area contributed by atoms with Crippen LogP contribution in [0.2, 0.25) is 0 Å². The van der Waals surface area contributed by atoms with E-state index in [1.807, 2.05) is 18.2 Å². The Kier molecular flexibility index (Phi) is 7.67. The number of rotatable bonds is 5. The topological polar surface area (TPSA) is 177 Å². The first-order chi connectivity index (χ1) is 13.3. The number of nitrogens with zero attached hydrogens (tertiary/aromatic N) is 1. The number of aryl methyl sites for hydroxylation is 1. The number of aromatic nitrogens is 1. The van der Waals surface area contributed by atoms with Crippen LogP contribution in [-0.2, 0) is 17.6 Å². The van der Waals surface area contributed by atoms with Gasteiger partial charge in [-0.25, -0.2) is 4.79 Å². The molecule has 1 aromatic heterocycles. The number of carboxylic acids is 1. The number of aliphatic carboxylic acids is 1. The van der Waals surface area contributed by atoms with E-state index in [1.54, 1.807) is 0 Å². The Morgan fingerprint density at radius 3 is 2.36 bits per heavy atom. The number of hydrogen-bond donors (Lipinski definition) is 7. The predicted molar refractivity (Wildman–Crippen MR) is 102 cm³/mol. The number of aliphatic hydroxyl groups is 5. The van der Waals surface area contributed by atoms with Gasteiger partial charge < -0.3 is 36.4 Å². The van der Waals surface area contributed by atoms with Crippen LogP contribution in [0, 0.1) is 0 Å². The van der Waals surface area contributed by atoms with Crippen molar-refractivity contribution in [3.05, 3.63) is 35.5 Å². The lowest BCUT2D eigenvalue weighted by Gasteiger charge is -2.23. The van der Waals surface area contributed by atoms with E-state index < -0.39 is 37.0 Å². The maximum atomic E-state index is 10.1. The number of benzene rings is 1. The monoisotopic (exact) mass is 394 g/mol. The van der Waals surface area contributed by atoms with E-state index in [1.165, 1.54) is 24.1 Å². The van der Waals surface area contributed by atoms with Crippen LogP contribution in [0.5, 0.6) is 0 Å². The fourth-order valence-electron chi connectivity index (χ4n) is 3.08. The van der Waals surface area contributed by atoms with E-state index in [4.69, 9.17) is 41.4 Å². The zero-order chi connectivity index (χ0) is 20.8.